The summed E-state index contributed by atoms with van der Waals surface area (Å²) >= 11 is 1.25. The summed E-state index contributed by atoms with van der Waals surface area (Å²) in [5, 5.41) is 30.7. The Hall–Kier alpha value is -1.18. The van der Waals surface area contributed by atoms with Crippen molar-refractivity contribution in [3.63, 3.8) is 0 Å². The zero-order valence-electron chi connectivity index (χ0n) is 11.5. The van der Waals surface area contributed by atoms with Crippen LogP contribution in [0.25, 0.3) is 0 Å². The molecule has 0 spiro atoms. The molecule has 0 aromatic carbocycles. The van der Waals surface area contributed by atoms with E-state index in [-0.39, 0.29) is 18.3 Å². The first kappa shape index (κ1) is 15.2. The van der Waals surface area contributed by atoms with Gasteiger partial charge in [0.2, 0.25) is 0 Å². The molecule has 1 atom stereocenters. The predicted octanol–water partition coefficient (Wildman–Crippen LogP) is 2.45. The fraction of sp³-hybridized carbons (Fsp3) is 0.692. The van der Waals surface area contributed by atoms with Crippen LogP contribution in [0.15, 0.2) is 6.07 Å². The maximum atomic E-state index is 11.2. The van der Waals surface area contributed by atoms with Crippen molar-refractivity contribution in [2.45, 2.75) is 44.8 Å². The Labute approximate surface area is 121 Å². The molecule has 1 heterocycles. The first-order chi connectivity index (χ1) is 9.54. The average Bonchev–Trinajstić information content (AvgIpc) is 3.05. The third-order valence-electron chi connectivity index (χ3n) is 3.69. The van der Waals surface area contributed by atoms with Crippen molar-refractivity contribution in [3.05, 3.63) is 21.1 Å². The molecular formula is C13H20N2O4S. The lowest BCUT2D eigenvalue weighted by atomic mass is 10.2. The Kier molecular flexibility index (Phi) is 4.95. The van der Waals surface area contributed by atoms with Gasteiger partial charge in [0, 0.05) is 23.5 Å². The average molecular weight is 300 g/mol. The van der Waals surface area contributed by atoms with Crippen LogP contribution in [-0.2, 0) is 0 Å². The van der Waals surface area contributed by atoms with Crippen molar-refractivity contribution in [1.29, 1.82) is 0 Å². The lowest BCUT2D eigenvalue weighted by Crippen LogP contribution is -2.35. The molecule has 7 heteroatoms. The van der Waals surface area contributed by atoms with Crippen molar-refractivity contribution in [1.82, 2.24) is 0 Å². The minimum absolute atomic E-state index is 0.0322. The van der Waals surface area contributed by atoms with Crippen LogP contribution in [0.1, 0.15) is 43.6 Å². The van der Waals surface area contributed by atoms with Gasteiger partial charge in [0.05, 0.1) is 17.6 Å². The quantitative estimate of drug-likeness (QED) is 0.622. The van der Waals surface area contributed by atoms with Gasteiger partial charge in [0.15, 0.2) is 5.00 Å². The highest BCUT2D eigenvalue weighted by Gasteiger charge is 2.30. The van der Waals surface area contributed by atoms with E-state index in [0.717, 1.165) is 25.7 Å². The minimum atomic E-state index is -0.716. The van der Waals surface area contributed by atoms with E-state index in [2.05, 4.69) is 0 Å². The van der Waals surface area contributed by atoms with Crippen LogP contribution in [0.2, 0.25) is 0 Å². The number of rotatable bonds is 6. The molecule has 0 aliphatic heterocycles. The first-order valence-corrected chi connectivity index (χ1v) is 7.70. The van der Waals surface area contributed by atoms with Crippen LogP contribution in [0.4, 0.5) is 10.7 Å². The predicted molar refractivity (Wildman–Crippen MR) is 78.3 cm³/mol. The van der Waals surface area contributed by atoms with E-state index >= 15 is 0 Å². The second-order valence-electron chi connectivity index (χ2n) is 5.13. The Morgan fingerprint density at radius 1 is 1.55 bits per heavy atom. The molecule has 1 saturated carbocycles. The summed E-state index contributed by atoms with van der Waals surface area (Å²) in [5.41, 5.74) is 0.0336. The third kappa shape index (κ3) is 3.11. The maximum absolute atomic E-state index is 11.2. The lowest BCUT2D eigenvalue weighted by Gasteiger charge is -2.28. The number of thiophene rings is 1. The molecule has 1 aliphatic rings. The van der Waals surface area contributed by atoms with E-state index < -0.39 is 11.0 Å². The molecule has 0 bridgehead atoms. The summed E-state index contributed by atoms with van der Waals surface area (Å²) in [7, 11) is 0. The monoisotopic (exact) mass is 300 g/mol. The molecular weight excluding hydrogens is 280 g/mol. The van der Waals surface area contributed by atoms with Gasteiger partial charge in [-0.1, -0.05) is 12.8 Å². The van der Waals surface area contributed by atoms with Crippen LogP contribution in [-0.4, -0.2) is 34.3 Å². The van der Waals surface area contributed by atoms with Crippen molar-refractivity contribution < 1.29 is 15.1 Å². The van der Waals surface area contributed by atoms with E-state index in [1.54, 1.807) is 6.92 Å². The molecule has 0 saturated heterocycles. The second-order valence-corrected chi connectivity index (χ2v) is 6.19. The number of anilines is 1. The molecule has 1 aromatic heterocycles. The molecule has 20 heavy (non-hydrogen) atoms. The highest BCUT2D eigenvalue weighted by Crippen LogP contribution is 2.42. The SMILES string of the molecule is C[C@@H](O)c1cc([N+](=O)[O-])c(N(CCO)C2CCCC2)s1. The molecule has 1 fully saturated rings. The van der Waals surface area contributed by atoms with Crippen molar-refractivity contribution in [2.24, 2.45) is 0 Å². The van der Waals surface area contributed by atoms with Gasteiger partial charge in [-0.15, -0.1) is 11.3 Å². The first-order valence-electron chi connectivity index (χ1n) is 6.88. The highest BCUT2D eigenvalue weighted by molar-refractivity contribution is 7.16. The highest BCUT2D eigenvalue weighted by atomic mass is 32.1. The van der Waals surface area contributed by atoms with Crippen LogP contribution in [0.5, 0.6) is 0 Å². The number of aliphatic hydroxyl groups is 2. The number of nitrogens with zero attached hydrogens (tertiary/aromatic N) is 2. The van der Waals surface area contributed by atoms with Crippen molar-refractivity contribution in [3.8, 4) is 0 Å². The minimum Gasteiger partial charge on any atom is -0.395 e. The number of aliphatic hydroxyl groups excluding tert-OH is 2. The lowest BCUT2D eigenvalue weighted by molar-refractivity contribution is -0.383. The largest absolute Gasteiger partial charge is 0.395 e. The summed E-state index contributed by atoms with van der Waals surface area (Å²) in [6.45, 7) is 1.96. The molecule has 6 nitrogen and oxygen atoms in total. The summed E-state index contributed by atoms with van der Waals surface area (Å²) < 4.78 is 0. The van der Waals surface area contributed by atoms with Gasteiger partial charge in [-0.05, 0) is 19.8 Å². The standard InChI is InChI=1S/C13H20N2O4S/c1-9(17)12-8-11(15(18)19)13(20-12)14(6-7-16)10-4-2-3-5-10/h8-10,16-17H,2-7H2,1H3/t9-/m1/s1. The van der Waals surface area contributed by atoms with Crippen molar-refractivity contribution in [2.75, 3.05) is 18.1 Å². The topological polar surface area (TPSA) is 86.8 Å². The zero-order chi connectivity index (χ0) is 14.7. The fourth-order valence-corrected chi connectivity index (χ4v) is 3.87. The van der Waals surface area contributed by atoms with Gasteiger partial charge in [-0.25, -0.2) is 0 Å². The molecule has 112 valence electrons. The fourth-order valence-electron chi connectivity index (χ4n) is 2.71. The van der Waals surface area contributed by atoms with Gasteiger partial charge in [-0.2, -0.15) is 0 Å². The van der Waals surface area contributed by atoms with Gasteiger partial charge in [0.1, 0.15) is 0 Å². The Morgan fingerprint density at radius 3 is 2.70 bits per heavy atom. The Bertz CT molecular complexity index is 469. The van der Waals surface area contributed by atoms with Gasteiger partial charge < -0.3 is 15.1 Å². The van der Waals surface area contributed by atoms with Crippen molar-refractivity contribution >= 4 is 22.0 Å². The summed E-state index contributed by atoms with van der Waals surface area (Å²) in [4.78, 5) is 13.4. The summed E-state index contributed by atoms with van der Waals surface area (Å²) in [6, 6.07) is 1.70. The van der Waals surface area contributed by atoms with Crippen LogP contribution >= 0.6 is 11.3 Å². The number of hydrogen-bond acceptors (Lipinski definition) is 6. The Balaban J connectivity index is 2.37. The normalized spacial score (nSPS) is 17.4. The molecule has 1 aromatic rings. The van der Waals surface area contributed by atoms with E-state index in [4.69, 9.17) is 0 Å². The number of nitro groups is 1. The van der Waals surface area contributed by atoms with E-state index in [9.17, 15) is 20.3 Å². The molecule has 2 N–H and O–H groups in total. The van der Waals surface area contributed by atoms with Crippen LogP contribution in [0, 0.1) is 10.1 Å². The van der Waals surface area contributed by atoms with E-state index in [0.29, 0.717) is 16.4 Å². The maximum Gasteiger partial charge on any atom is 0.304 e. The zero-order valence-corrected chi connectivity index (χ0v) is 12.3. The number of hydrogen-bond donors (Lipinski definition) is 2. The molecule has 0 radical (unpaired) electrons. The second kappa shape index (κ2) is 6.51. The molecule has 1 aliphatic carbocycles. The summed E-state index contributed by atoms with van der Waals surface area (Å²) in [6.07, 6.45) is 3.52. The van der Waals surface area contributed by atoms with Crippen LogP contribution in [0.3, 0.4) is 0 Å². The molecule has 0 unspecified atom stereocenters. The Morgan fingerprint density at radius 2 is 2.20 bits per heavy atom. The van der Waals surface area contributed by atoms with Gasteiger partial charge >= 0.3 is 5.69 Å². The molecule has 2 rings (SSSR count). The van der Waals surface area contributed by atoms with Crippen LogP contribution < -0.4 is 4.90 Å². The molecule has 0 amide bonds. The van der Waals surface area contributed by atoms with E-state index in [1.165, 1.54) is 17.4 Å². The van der Waals surface area contributed by atoms with Gasteiger partial charge in [0.25, 0.3) is 0 Å². The smallest absolute Gasteiger partial charge is 0.304 e. The van der Waals surface area contributed by atoms with Gasteiger partial charge in [-0.3, -0.25) is 10.1 Å². The van der Waals surface area contributed by atoms with E-state index in [1.807, 2.05) is 4.90 Å². The third-order valence-corrected chi connectivity index (χ3v) is 5.02. The summed E-state index contributed by atoms with van der Waals surface area (Å²) in [5.74, 6) is 0.